The fraction of sp³-hybridized carbons (Fsp3) is 0.400. The number of para-hydroxylation sites is 1. The number of rotatable bonds is 1. The van der Waals surface area contributed by atoms with Crippen LogP contribution in [-0.2, 0) is 3.42 Å². The van der Waals surface area contributed by atoms with Gasteiger partial charge in [-0.05, 0) is 31.9 Å². The van der Waals surface area contributed by atoms with Crippen molar-refractivity contribution in [2.45, 2.75) is 24.2 Å². The summed E-state index contributed by atoms with van der Waals surface area (Å²) in [5.41, 5.74) is 9.28. The molecule has 0 aliphatic heterocycles. The highest BCUT2D eigenvalue weighted by molar-refractivity contribution is 14.1. The van der Waals surface area contributed by atoms with E-state index in [1.165, 1.54) is 5.56 Å². The molecule has 0 amide bonds. The average Bonchev–Trinajstić information content (AvgIpc) is 1.92. The van der Waals surface area contributed by atoms with Crippen molar-refractivity contribution in [3.63, 3.8) is 0 Å². The molecule has 2 N–H and O–H groups in total. The van der Waals surface area contributed by atoms with E-state index in [9.17, 15) is 0 Å². The Hall–Kier alpha value is -0.250. The lowest BCUT2D eigenvalue weighted by Crippen LogP contribution is -2.10. The van der Waals surface area contributed by atoms with Gasteiger partial charge in [0.05, 0.1) is 0 Å². The highest BCUT2D eigenvalue weighted by Gasteiger charge is 2.18. The van der Waals surface area contributed by atoms with Crippen molar-refractivity contribution in [2.24, 2.45) is 0 Å². The van der Waals surface area contributed by atoms with Crippen molar-refractivity contribution in [3.05, 3.63) is 29.3 Å². The molecule has 0 spiro atoms. The molecule has 0 radical (unpaired) electrons. The second kappa shape index (κ2) is 3.24. The number of hydrogen-bond donors (Lipinski definition) is 1. The monoisotopic (exact) mass is 275 g/mol. The van der Waals surface area contributed by atoms with Crippen LogP contribution in [0, 0.1) is 6.92 Å². The summed E-state index contributed by atoms with van der Waals surface area (Å²) in [6.07, 6.45) is 0. The summed E-state index contributed by atoms with van der Waals surface area (Å²) in [4.78, 5) is 0. The molecule has 2 heteroatoms. The summed E-state index contributed by atoms with van der Waals surface area (Å²) in [6.45, 7) is 6.37. The van der Waals surface area contributed by atoms with E-state index in [0.717, 1.165) is 11.3 Å². The van der Waals surface area contributed by atoms with Crippen LogP contribution in [0.25, 0.3) is 0 Å². The molecule has 0 fully saturated rings. The molecule has 1 aromatic carbocycles. The highest BCUT2D eigenvalue weighted by atomic mass is 127. The normalized spacial score (nSPS) is 11.7. The molecule has 0 saturated heterocycles. The second-order valence-corrected chi connectivity index (χ2v) is 6.21. The molecule has 0 aliphatic rings. The average molecular weight is 275 g/mol. The quantitative estimate of drug-likeness (QED) is 0.475. The van der Waals surface area contributed by atoms with Gasteiger partial charge in [0.15, 0.2) is 0 Å². The van der Waals surface area contributed by atoms with E-state index in [1.807, 2.05) is 13.0 Å². The molecule has 0 bridgehead atoms. The van der Waals surface area contributed by atoms with E-state index in [1.54, 1.807) is 0 Å². The van der Waals surface area contributed by atoms with E-state index in [0.29, 0.717) is 0 Å². The van der Waals surface area contributed by atoms with Gasteiger partial charge in [-0.25, -0.2) is 0 Å². The maximum atomic E-state index is 5.96. The second-order valence-electron chi connectivity index (χ2n) is 3.51. The van der Waals surface area contributed by atoms with Crippen LogP contribution in [0.3, 0.4) is 0 Å². The van der Waals surface area contributed by atoms with Crippen LogP contribution >= 0.6 is 22.6 Å². The summed E-state index contributed by atoms with van der Waals surface area (Å²) < 4.78 is 0.119. The molecule has 0 heterocycles. The van der Waals surface area contributed by atoms with Gasteiger partial charge in [0.1, 0.15) is 0 Å². The van der Waals surface area contributed by atoms with Crippen molar-refractivity contribution in [3.8, 4) is 0 Å². The summed E-state index contributed by atoms with van der Waals surface area (Å²) in [7, 11) is 0. The van der Waals surface area contributed by atoms with E-state index in [-0.39, 0.29) is 3.42 Å². The lowest BCUT2D eigenvalue weighted by Gasteiger charge is -2.20. The van der Waals surface area contributed by atoms with Crippen LogP contribution in [0.5, 0.6) is 0 Å². The first-order valence-electron chi connectivity index (χ1n) is 3.97. The number of nitrogens with two attached hydrogens (primary N) is 1. The third kappa shape index (κ3) is 1.91. The Morgan fingerprint density at radius 1 is 1.33 bits per heavy atom. The molecule has 1 aromatic rings. The maximum Gasteiger partial charge on any atom is 0.0434 e. The van der Waals surface area contributed by atoms with Crippen molar-refractivity contribution in [1.82, 2.24) is 0 Å². The van der Waals surface area contributed by atoms with Crippen LogP contribution in [-0.4, -0.2) is 0 Å². The van der Waals surface area contributed by atoms with Crippen LogP contribution in [0.4, 0.5) is 5.69 Å². The van der Waals surface area contributed by atoms with Crippen LogP contribution in [0.15, 0.2) is 18.2 Å². The summed E-state index contributed by atoms with van der Waals surface area (Å²) in [6, 6.07) is 6.19. The zero-order valence-corrected chi connectivity index (χ0v) is 9.84. The Kier molecular flexibility index (Phi) is 2.66. The first-order valence-corrected chi connectivity index (χ1v) is 5.05. The van der Waals surface area contributed by atoms with E-state index >= 15 is 0 Å². The third-order valence-corrected chi connectivity index (χ3v) is 2.55. The van der Waals surface area contributed by atoms with Crippen molar-refractivity contribution in [1.29, 1.82) is 0 Å². The Morgan fingerprint density at radius 2 is 1.92 bits per heavy atom. The van der Waals surface area contributed by atoms with Gasteiger partial charge in [0.25, 0.3) is 0 Å². The first-order chi connectivity index (χ1) is 5.43. The number of alkyl halides is 1. The van der Waals surface area contributed by atoms with E-state index < -0.39 is 0 Å². The minimum atomic E-state index is 0.119. The third-order valence-electron chi connectivity index (χ3n) is 1.96. The number of nitrogen functional groups attached to an aromatic ring is 1. The van der Waals surface area contributed by atoms with E-state index in [4.69, 9.17) is 5.73 Å². The standard InChI is InChI=1S/C10H14IN/c1-7-5-4-6-8(9(7)12)10(2,3)11/h4-6H,12H2,1-3H3. The Labute approximate surface area is 87.5 Å². The number of anilines is 1. The molecule has 0 aliphatic carbocycles. The number of halogens is 1. The van der Waals surface area contributed by atoms with Gasteiger partial charge < -0.3 is 5.73 Å². The predicted molar refractivity (Wildman–Crippen MR) is 62.6 cm³/mol. The van der Waals surface area contributed by atoms with Crippen LogP contribution in [0.2, 0.25) is 0 Å². The van der Waals surface area contributed by atoms with Gasteiger partial charge in [-0.3, -0.25) is 0 Å². The Balaban J connectivity index is 3.26. The number of aryl methyl sites for hydroxylation is 1. The molecule has 0 saturated carbocycles. The van der Waals surface area contributed by atoms with Gasteiger partial charge in [0.2, 0.25) is 0 Å². The summed E-state index contributed by atoms with van der Waals surface area (Å²) in [5, 5.41) is 0. The van der Waals surface area contributed by atoms with Gasteiger partial charge in [-0.1, -0.05) is 40.8 Å². The Bertz CT molecular complexity index is 286. The predicted octanol–water partition coefficient (Wildman–Crippen LogP) is 3.25. The molecule has 0 unspecified atom stereocenters. The first kappa shape index (κ1) is 9.84. The fourth-order valence-electron chi connectivity index (χ4n) is 1.20. The molecule has 1 rings (SSSR count). The van der Waals surface area contributed by atoms with Gasteiger partial charge in [-0.15, -0.1) is 0 Å². The minimum absolute atomic E-state index is 0.119. The highest BCUT2D eigenvalue weighted by Crippen LogP contribution is 2.35. The zero-order valence-electron chi connectivity index (χ0n) is 7.69. The smallest absolute Gasteiger partial charge is 0.0434 e. The zero-order chi connectivity index (χ0) is 9.35. The molecule has 12 heavy (non-hydrogen) atoms. The maximum absolute atomic E-state index is 5.96. The van der Waals surface area contributed by atoms with Crippen LogP contribution < -0.4 is 5.73 Å². The SMILES string of the molecule is Cc1cccc(C(C)(C)I)c1N. The van der Waals surface area contributed by atoms with Crippen molar-refractivity contribution >= 4 is 28.3 Å². The molecule has 0 aromatic heterocycles. The lowest BCUT2D eigenvalue weighted by molar-refractivity contribution is 0.829. The summed E-state index contributed by atoms with van der Waals surface area (Å²) in [5.74, 6) is 0. The fourth-order valence-corrected chi connectivity index (χ4v) is 1.67. The molecular formula is C10H14IN. The largest absolute Gasteiger partial charge is 0.398 e. The lowest BCUT2D eigenvalue weighted by atomic mass is 9.99. The molecule has 1 nitrogen and oxygen atoms in total. The Morgan fingerprint density at radius 3 is 2.33 bits per heavy atom. The summed E-state index contributed by atoms with van der Waals surface area (Å²) >= 11 is 2.40. The van der Waals surface area contributed by atoms with Crippen molar-refractivity contribution in [2.75, 3.05) is 5.73 Å². The molecular weight excluding hydrogens is 261 g/mol. The topological polar surface area (TPSA) is 26.0 Å². The van der Waals surface area contributed by atoms with Crippen molar-refractivity contribution < 1.29 is 0 Å². The molecule has 0 atom stereocenters. The number of benzene rings is 1. The molecule has 66 valence electrons. The van der Waals surface area contributed by atoms with Gasteiger partial charge >= 0.3 is 0 Å². The van der Waals surface area contributed by atoms with Crippen LogP contribution in [0.1, 0.15) is 25.0 Å². The minimum Gasteiger partial charge on any atom is -0.398 e. The van der Waals surface area contributed by atoms with Gasteiger partial charge in [-0.2, -0.15) is 0 Å². The number of hydrogen-bond acceptors (Lipinski definition) is 1. The van der Waals surface area contributed by atoms with E-state index in [2.05, 4.69) is 48.6 Å². The van der Waals surface area contributed by atoms with Gasteiger partial charge in [0, 0.05) is 9.11 Å².